The maximum Gasteiger partial charge on any atom is 0.407 e. The lowest BCUT2D eigenvalue weighted by Crippen LogP contribution is -2.56. The average Bonchev–Trinajstić information content (AvgIpc) is 3.15. The van der Waals surface area contributed by atoms with Crippen LogP contribution in [0.1, 0.15) is 37.3 Å². The van der Waals surface area contributed by atoms with Crippen molar-refractivity contribution in [3.8, 4) is 11.1 Å². The van der Waals surface area contributed by atoms with Gasteiger partial charge in [-0.25, -0.2) is 9.59 Å². The summed E-state index contributed by atoms with van der Waals surface area (Å²) in [4.78, 5) is 51.2. The standard InChI is InChI=1S/C26H29N3O6/c1-16(13-23(30)28-11-12-29(24(31)14-28)17(2)25(32)33)27-26(34)35-15-22-20-9-5-3-7-18(20)19-8-4-6-10-21(19)22/h3-10,16-17,22H,11-15H2,1-2H3,(H,27,34)(H,32,33)/t16-,17?/m1/s1. The zero-order chi connectivity index (χ0) is 25.1. The number of nitrogens with zero attached hydrogens (tertiary/aromatic N) is 2. The topological polar surface area (TPSA) is 116 Å². The number of carboxylic acid groups (broad SMARTS) is 1. The second kappa shape index (κ2) is 10.2. The first kappa shape index (κ1) is 24.3. The number of fused-ring (bicyclic) bond motifs is 3. The molecule has 1 aliphatic heterocycles. The molecule has 1 unspecified atom stereocenters. The van der Waals surface area contributed by atoms with Gasteiger partial charge in [0.15, 0.2) is 0 Å². The summed E-state index contributed by atoms with van der Waals surface area (Å²) in [7, 11) is 0. The molecule has 2 N–H and O–H groups in total. The number of carbonyl (C=O) groups excluding carboxylic acids is 3. The molecule has 184 valence electrons. The minimum Gasteiger partial charge on any atom is -0.480 e. The Morgan fingerprint density at radius 3 is 2.20 bits per heavy atom. The van der Waals surface area contributed by atoms with Crippen molar-refractivity contribution in [1.82, 2.24) is 15.1 Å². The number of benzene rings is 2. The molecule has 0 aromatic heterocycles. The summed E-state index contributed by atoms with van der Waals surface area (Å²) >= 11 is 0. The molecule has 3 amide bonds. The number of hydrogen-bond donors (Lipinski definition) is 2. The molecule has 2 atom stereocenters. The Morgan fingerprint density at radius 2 is 1.63 bits per heavy atom. The van der Waals surface area contributed by atoms with Gasteiger partial charge in [-0.3, -0.25) is 9.59 Å². The molecule has 2 aliphatic rings. The second-order valence-electron chi connectivity index (χ2n) is 8.99. The highest BCUT2D eigenvalue weighted by Gasteiger charge is 2.33. The van der Waals surface area contributed by atoms with E-state index in [2.05, 4.69) is 17.4 Å². The van der Waals surface area contributed by atoms with Crippen LogP contribution in [0.5, 0.6) is 0 Å². The maximum atomic E-state index is 12.6. The summed E-state index contributed by atoms with van der Waals surface area (Å²) in [6, 6.07) is 14.7. The van der Waals surface area contributed by atoms with Gasteiger partial charge in [0.2, 0.25) is 11.8 Å². The predicted octanol–water partition coefficient (Wildman–Crippen LogP) is 2.45. The van der Waals surface area contributed by atoms with Crippen LogP contribution in [0.3, 0.4) is 0 Å². The smallest absolute Gasteiger partial charge is 0.407 e. The minimum absolute atomic E-state index is 0.00591. The lowest BCUT2D eigenvalue weighted by atomic mass is 9.98. The van der Waals surface area contributed by atoms with E-state index < -0.39 is 30.1 Å². The third-order valence-corrected chi connectivity index (χ3v) is 6.62. The van der Waals surface area contributed by atoms with Gasteiger partial charge in [0.05, 0.1) is 6.54 Å². The molecule has 4 rings (SSSR count). The first-order chi connectivity index (χ1) is 16.8. The number of hydrogen-bond acceptors (Lipinski definition) is 5. The summed E-state index contributed by atoms with van der Waals surface area (Å²) < 4.78 is 5.53. The molecule has 35 heavy (non-hydrogen) atoms. The van der Waals surface area contributed by atoms with Crippen LogP contribution >= 0.6 is 0 Å². The Morgan fingerprint density at radius 1 is 1.03 bits per heavy atom. The third-order valence-electron chi connectivity index (χ3n) is 6.62. The van der Waals surface area contributed by atoms with Gasteiger partial charge in [-0.05, 0) is 36.1 Å². The fraction of sp³-hybridized carbons (Fsp3) is 0.385. The highest BCUT2D eigenvalue weighted by Crippen LogP contribution is 2.44. The monoisotopic (exact) mass is 479 g/mol. The van der Waals surface area contributed by atoms with E-state index in [4.69, 9.17) is 9.84 Å². The Kier molecular flexibility index (Phi) is 7.04. The molecule has 0 bridgehead atoms. The van der Waals surface area contributed by atoms with Gasteiger partial charge in [-0.1, -0.05) is 48.5 Å². The number of alkyl carbamates (subject to hydrolysis) is 1. The first-order valence-electron chi connectivity index (χ1n) is 11.7. The number of aliphatic carboxylic acids is 1. The lowest BCUT2D eigenvalue weighted by molar-refractivity contribution is -0.154. The molecule has 9 nitrogen and oxygen atoms in total. The van der Waals surface area contributed by atoms with E-state index in [0.717, 1.165) is 22.3 Å². The number of carboxylic acids is 1. The number of ether oxygens (including phenoxy) is 1. The molecule has 1 fully saturated rings. The summed E-state index contributed by atoms with van der Waals surface area (Å²) in [6.07, 6.45) is -0.602. The van der Waals surface area contributed by atoms with E-state index in [1.165, 1.54) is 16.7 Å². The fourth-order valence-electron chi connectivity index (χ4n) is 4.73. The van der Waals surface area contributed by atoms with Crippen molar-refractivity contribution in [3.63, 3.8) is 0 Å². The largest absolute Gasteiger partial charge is 0.480 e. The molecule has 2 aromatic carbocycles. The molecule has 0 radical (unpaired) electrons. The highest BCUT2D eigenvalue weighted by atomic mass is 16.5. The van der Waals surface area contributed by atoms with E-state index >= 15 is 0 Å². The van der Waals surface area contributed by atoms with E-state index in [0.29, 0.717) is 0 Å². The highest BCUT2D eigenvalue weighted by molar-refractivity contribution is 5.89. The molecule has 9 heteroatoms. The van der Waals surface area contributed by atoms with Crippen molar-refractivity contribution in [2.45, 2.75) is 38.3 Å². The van der Waals surface area contributed by atoms with Crippen LogP contribution in [-0.4, -0.2) is 77.1 Å². The molecule has 0 spiro atoms. The summed E-state index contributed by atoms with van der Waals surface area (Å²) in [5.41, 5.74) is 4.52. The summed E-state index contributed by atoms with van der Waals surface area (Å²) in [5, 5.41) is 11.8. The van der Waals surface area contributed by atoms with Crippen molar-refractivity contribution in [3.05, 3.63) is 59.7 Å². The SMILES string of the molecule is CC(C(=O)O)N1CCN(C(=O)C[C@@H](C)NC(=O)OCC2c3ccccc3-c3ccccc32)CC1=O. The molecular weight excluding hydrogens is 450 g/mol. The van der Waals surface area contributed by atoms with Gasteiger partial charge < -0.3 is 25.0 Å². The van der Waals surface area contributed by atoms with Gasteiger partial charge >= 0.3 is 12.1 Å². The van der Waals surface area contributed by atoms with E-state index in [1.54, 1.807) is 6.92 Å². The molecular formula is C26H29N3O6. The van der Waals surface area contributed by atoms with E-state index in [-0.39, 0.29) is 44.5 Å². The zero-order valence-electron chi connectivity index (χ0n) is 19.8. The Hall–Kier alpha value is -3.88. The number of amides is 3. The summed E-state index contributed by atoms with van der Waals surface area (Å²) in [5.74, 6) is -1.83. The molecule has 1 aliphatic carbocycles. The summed E-state index contributed by atoms with van der Waals surface area (Å²) in [6.45, 7) is 3.56. The Labute approximate surface area is 203 Å². The van der Waals surface area contributed by atoms with E-state index in [1.807, 2.05) is 36.4 Å². The number of nitrogens with one attached hydrogen (secondary N) is 1. The van der Waals surface area contributed by atoms with Crippen molar-refractivity contribution >= 4 is 23.9 Å². The number of rotatable bonds is 7. The van der Waals surface area contributed by atoms with Crippen LogP contribution in [0.15, 0.2) is 48.5 Å². The fourth-order valence-corrected chi connectivity index (χ4v) is 4.73. The zero-order valence-corrected chi connectivity index (χ0v) is 19.8. The quantitative estimate of drug-likeness (QED) is 0.630. The van der Waals surface area contributed by atoms with Crippen molar-refractivity contribution in [2.24, 2.45) is 0 Å². The number of carbonyl (C=O) groups is 4. The van der Waals surface area contributed by atoms with Crippen LogP contribution < -0.4 is 5.32 Å². The Bertz CT molecular complexity index is 1100. The molecule has 1 saturated heterocycles. The Balaban J connectivity index is 1.27. The predicted molar refractivity (Wildman–Crippen MR) is 128 cm³/mol. The minimum atomic E-state index is -1.08. The van der Waals surface area contributed by atoms with Crippen LogP contribution in [0.2, 0.25) is 0 Å². The average molecular weight is 480 g/mol. The van der Waals surface area contributed by atoms with Gasteiger partial charge in [-0.15, -0.1) is 0 Å². The van der Waals surface area contributed by atoms with E-state index in [9.17, 15) is 19.2 Å². The third kappa shape index (κ3) is 5.13. The van der Waals surface area contributed by atoms with Crippen LogP contribution in [0.25, 0.3) is 11.1 Å². The van der Waals surface area contributed by atoms with Crippen LogP contribution in [-0.2, 0) is 19.1 Å². The van der Waals surface area contributed by atoms with Gasteiger partial charge in [0, 0.05) is 31.5 Å². The number of piperazine rings is 1. The van der Waals surface area contributed by atoms with Crippen LogP contribution in [0, 0.1) is 0 Å². The molecule has 1 heterocycles. The van der Waals surface area contributed by atoms with Gasteiger partial charge in [0.1, 0.15) is 12.6 Å². The lowest BCUT2D eigenvalue weighted by Gasteiger charge is -2.36. The first-order valence-corrected chi connectivity index (χ1v) is 11.7. The van der Waals surface area contributed by atoms with Gasteiger partial charge in [-0.2, -0.15) is 0 Å². The second-order valence-corrected chi connectivity index (χ2v) is 8.99. The van der Waals surface area contributed by atoms with Gasteiger partial charge in [0.25, 0.3) is 0 Å². The van der Waals surface area contributed by atoms with Crippen molar-refractivity contribution < 1.29 is 29.0 Å². The van der Waals surface area contributed by atoms with Crippen LogP contribution in [0.4, 0.5) is 4.79 Å². The normalized spacial score (nSPS) is 16.8. The molecule has 2 aromatic rings. The molecule has 0 saturated carbocycles. The van der Waals surface area contributed by atoms with Crippen molar-refractivity contribution in [1.29, 1.82) is 0 Å². The maximum absolute atomic E-state index is 12.6. The van der Waals surface area contributed by atoms with Crippen molar-refractivity contribution in [2.75, 3.05) is 26.2 Å².